The van der Waals surface area contributed by atoms with Crippen molar-refractivity contribution in [3.05, 3.63) is 77.9 Å². The van der Waals surface area contributed by atoms with E-state index in [9.17, 15) is 0 Å². The summed E-state index contributed by atoms with van der Waals surface area (Å²) in [5, 5.41) is 0. The van der Waals surface area contributed by atoms with Crippen molar-refractivity contribution in [3.63, 3.8) is 0 Å². The summed E-state index contributed by atoms with van der Waals surface area (Å²) in [4.78, 5) is 4.13. The van der Waals surface area contributed by atoms with Crippen molar-refractivity contribution in [2.24, 2.45) is 0 Å². The Morgan fingerprint density at radius 3 is 2.67 bits per heavy atom. The molecule has 0 spiro atoms. The van der Waals surface area contributed by atoms with Gasteiger partial charge in [0.15, 0.2) is 0 Å². The molecule has 2 aliphatic rings. The highest BCUT2D eigenvalue weighted by atomic mass is 16.7. The molecule has 5 rings (SSSR count). The SMILES string of the molecule is c1ccc2c(c1)Cc1cc(C3(Cn4ccnc4)OCCO3)ccc1-2. The number of hydrogen-bond donors (Lipinski definition) is 0. The summed E-state index contributed by atoms with van der Waals surface area (Å²) < 4.78 is 14.1. The predicted octanol–water partition coefficient (Wildman–Crippen LogP) is 3.35. The minimum Gasteiger partial charge on any atom is -0.342 e. The van der Waals surface area contributed by atoms with Crippen LogP contribution in [0.2, 0.25) is 0 Å². The maximum atomic E-state index is 6.07. The second-order valence-electron chi connectivity index (χ2n) is 6.39. The number of hydrogen-bond acceptors (Lipinski definition) is 3. The Morgan fingerprint density at radius 2 is 1.83 bits per heavy atom. The molecular weight excluding hydrogens is 300 g/mol. The molecule has 0 bridgehead atoms. The molecule has 0 amide bonds. The van der Waals surface area contributed by atoms with Crippen LogP contribution >= 0.6 is 0 Å². The van der Waals surface area contributed by atoms with Gasteiger partial charge >= 0.3 is 0 Å². The summed E-state index contributed by atoms with van der Waals surface area (Å²) in [6, 6.07) is 15.2. The first-order chi connectivity index (χ1) is 11.8. The van der Waals surface area contributed by atoms with E-state index in [0.29, 0.717) is 19.8 Å². The van der Waals surface area contributed by atoms with Gasteiger partial charge in [0.2, 0.25) is 5.79 Å². The normalized spacial score (nSPS) is 17.7. The average Bonchev–Trinajstić information content (AvgIpc) is 3.34. The Morgan fingerprint density at radius 1 is 1.00 bits per heavy atom. The molecule has 1 fully saturated rings. The predicted molar refractivity (Wildman–Crippen MR) is 90.5 cm³/mol. The highest BCUT2D eigenvalue weighted by Gasteiger charge is 2.39. The fraction of sp³-hybridized carbons (Fsp3) is 0.250. The lowest BCUT2D eigenvalue weighted by molar-refractivity contribution is -0.176. The molecule has 0 saturated carbocycles. The maximum absolute atomic E-state index is 6.07. The molecule has 1 aliphatic heterocycles. The molecule has 0 radical (unpaired) electrons. The van der Waals surface area contributed by atoms with Crippen molar-refractivity contribution in [3.8, 4) is 11.1 Å². The van der Waals surface area contributed by atoms with Crippen LogP contribution in [0.15, 0.2) is 61.2 Å². The summed E-state index contributed by atoms with van der Waals surface area (Å²) in [6.07, 6.45) is 6.49. The largest absolute Gasteiger partial charge is 0.342 e. The van der Waals surface area contributed by atoms with Gasteiger partial charge in [0.25, 0.3) is 0 Å². The third-order valence-electron chi connectivity index (χ3n) is 4.94. The van der Waals surface area contributed by atoms with Gasteiger partial charge in [0.1, 0.15) is 0 Å². The number of aromatic nitrogens is 2. The molecule has 3 aromatic rings. The second-order valence-corrected chi connectivity index (χ2v) is 6.39. The lowest BCUT2D eigenvalue weighted by Gasteiger charge is -2.28. The summed E-state index contributed by atoms with van der Waals surface area (Å²) in [5.74, 6) is -0.718. The van der Waals surface area contributed by atoms with Gasteiger partial charge in [-0.3, -0.25) is 0 Å². The van der Waals surface area contributed by atoms with Crippen LogP contribution in [0.3, 0.4) is 0 Å². The van der Waals surface area contributed by atoms with Crippen LogP contribution < -0.4 is 0 Å². The van der Waals surface area contributed by atoms with Gasteiger partial charge in [0, 0.05) is 18.0 Å². The van der Waals surface area contributed by atoms with Gasteiger partial charge in [-0.2, -0.15) is 0 Å². The fourth-order valence-electron chi connectivity index (χ4n) is 3.81. The molecule has 0 unspecified atom stereocenters. The first-order valence-electron chi connectivity index (χ1n) is 8.29. The second kappa shape index (κ2) is 5.30. The van der Waals surface area contributed by atoms with Crippen molar-refractivity contribution in [1.29, 1.82) is 0 Å². The van der Waals surface area contributed by atoms with E-state index in [1.54, 1.807) is 12.5 Å². The van der Waals surface area contributed by atoms with E-state index in [1.165, 1.54) is 22.3 Å². The van der Waals surface area contributed by atoms with E-state index in [4.69, 9.17) is 9.47 Å². The Hall–Kier alpha value is -2.43. The molecule has 24 heavy (non-hydrogen) atoms. The molecule has 4 heteroatoms. The summed E-state index contributed by atoms with van der Waals surface area (Å²) in [6.45, 7) is 1.84. The number of imidazole rings is 1. The van der Waals surface area contributed by atoms with E-state index >= 15 is 0 Å². The highest BCUT2D eigenvalue weighted by molar-refractivity contribution is 5.77. The first-order valence-corrected chi connectivity index (χ1v) is 8.29. The molecule has 1 aromatic heterocycles. The van der Waals surface area contributed by atoms with Crippen LogP contribution in [0.1, 0.15) is 16.7 Å². The van der Waals surface area contributed by atoms with Crippen LogP contribution in [0.4, 0.5) is 0 Å². The standard InChI is InChI=1S/C20H18N2O2/c1-2-4-18-15(3-1)11-16-12-17(5-6-19(16)18)20(23-9-10-24-20)13-22-8-7-21-14-22/h1-8,12,14H,9-11,13H2. The highest BCUT2D eigenvalue weighted by Crippen LogP contribution is 2.40. The zero-order valence-electron chi connectivity index (χ0n) is 13.3. The Balaban J connectivity index is 1.55. The van der Waals surface area contributed by atoms with Crippen LogP contribution in [0, 0.1) is 0 Å². The molecule has 2 heterocycles. The Kier molecular flexibility index (Phi) is 3.08. The fourth-order valence-corrected chi connectivity index (χ4v) is 3.81. The van der Waals surface area contributed by atoms with Crippen molar-refractivity contribution >= 4 is 0 Å². The van der Waals surface area contributed by atoms with E-state index < -0.39 is 5.79 Å². The van der Waals surface area contributed by atoms with Crippen molar-refractivity contribution in [2.45, 2.75) is 18.8 Å². The summed E-state index contributed by atoms with van der Waals surface area (Å²) >= 11 is 0. The van der Waals surface area contributed by atoms with E-state index in [0.717, 1.165) is 12.0 Å². The molecule has 4 nitrogen and oxygen atoms in total. The topological polar surface area (TPSA) is 36.3 Å². The molecule has 120 valence electrons. The quantitative estimate of drug-likeness (QED) is 0.581. The van der Waals surface area contributed by atoms with Crippen LogP contribution in [0.5, 0.6) is 0 Å². The minimum absolute atomic E-state index is 0.610. The average molecular weight is 318 g/mol. The lowest BCUT2D eigenvalue weighted by atomic mass is 9.98. The maximum Gasteiger partial charge on any atom is 0.213 e. The summed E-state index contributed by atoms with van der Waals surface area (Å²) in [5.41, 5.74) is 6.49. The first kappa shape index (κ1) is 14.0. The number of benzene rings is 2. The van der Waals surface area contributed by atoms with Gasteiger partial charge in [0.05, 0.1) is 26.1 Å². The van der Waals surface area contributed by atoms with Crippen molar-refractivity contribution in [1.82, 2.24) is 9.55 Å². The molecule has 2 aromatic carbocycles. The smallest absolute Gasteiger partial charge is 0.213 e. The molecule has 0 atom stereocenters. The zero-order valence-corrected chi connectivity index (χ0v) is 13.3. The number of ether oxygens (including phenoxy) is 2. The zero-order chi connectivity index (χ0) is 16.0. The van der Waals surface area contributed by atoms with Crippen LogP contribution in [-0.4, -0.2) is 22.8 Å². The van der Waals surface area contributed by atoms with Crippen molar-refractivity contribution < 1.29 is 9.47 Å². The van der Waals surface area contributed by atoms with Gasteiger partial charge < -0.3 is 14.0 Å². The van der Waals surface area contributed by atoms with Gasteiger partial charge in [-0.05, 0) is 34.7 Å². The molecular formula is C20H18N2O2. The van der Waals surface area contributed by atoms with Crippen LogP contribution in [-0.2, 0) is 28.2 Å². The number of nitrogens with zero attached hydrogens (tertiary/aromatic N) is 2. The Bertz CT molecular complexity index is 880. The third kappa shape index (κ3) is 2.11. The van der Waals surface area contributed by atoms with E-state index in [-0.39, 0.29) is 0 Å². The third-order valence-corrected chi connectivity index (χ3v) is 4.94. The molecule has 1 saturated heterocycles. The minimum atomic E-state index is -0.718. The van der Waals surface area contributed by atoms with E-state index in [1.807, 2.05) is 10.8 Å². The molecule has 0 N–H and O–H groups in total. The Labute approximate surface area is 140 Å². The number of fused-ring (bicyclic) bond motifs is 3. The van der Waals surface area contributed by atoms with Gasteiger partial charge in [-0.1, -0.05) is 36.4 Å². The van der Waals surface area contributed by atoms with E-state index in [2.05, 4.69) is 47.4 Å². The van der Waals surface area contributed by atoms with Crippen LogP contribution in [0.25, 0.3) is 11.1 Å². The van der Waals surface area contributed by atoms with Crippen molar-refractivity contribution in [2.75, 3.05) is 13.2 Å². The van der Waals surface area contributed by atoms with Gasteiger partial charge in [-0.15, -0.1) is 0 Å². The van der Waals surface area contributed by atoms with Gasteiger partial charge in [-0.25, -0.2) is 4.98 Å². The number of rotatable bonds is 3. The molecule has 1 aliphatic carbocycles. The lowest BCUT2D eigenvalue weighted by Crippen LogP contribution is -2.32. The monoisotopic (exact) mass is 318 g/mol. The summed E-state index contributed by atoms with van der Waals surface area (Å²) in [7, 11) is 0.